The van der Waals surface area contributed by atoms with E-state index in [0.717, 1.165) is 45.6 Å². The Bertz CT molecular complexity index is 332. The Hall–Kier alpha value is -1.14. The molecule has 1 N–H and O–H groups in total. The molecule has 2 rings (SSSR count). The molecule has 19 heavy (non-hydrogen) atoms. The van der Waals surface area contributed by atoms with Crippen molar-refractivity contribution in [1.82, 2.24) is 20.0 Å². The second-order valence-corrected chi connectivity index (χ2v) is 5.54. The maximum atomic E-state index is 12.2. The zero-order valence-corrected chi connectivity index (χ0v) is 11.9. The van der Waals surface area contributed by atoms with Gasteiger partial charge >= 0.3 is 0 Å². The third kappa shape index (κ3) is 3.67. The number of likely N-dealkylation sites (N-methyl/N-ethyl adjacent to an activating group) is 1. The Morgan fingerprint density at radius 2 is 1.89 bits per heavy atom. The van der Waals surface area contributed by atoms with E-state index in [9.17, 15) is 9.59 Å². The molecular weight excluding hydrogens is 244 g/mol. The first-order valence-electron chi connectivity index (χ1n) is 7.02. The van der Waals surface area contributed by atoms with Crippen molar-refractivity contribution in [2.75, 3.05) is 53.4 Å². The van der Waals surface area contributed by atoms with Gasteiger partial charge < -0.3 is 15.1 Å². The number of hydrogen-bond acceptors (Lipinski definition) is 4. The number of nitrogens with one attached hydrogen (secondary N) is 1. The van der Waals surface area contributed by atoms with Crippen molar-refractivity contribution in [1.29, 1.82) is 0 Å². The molecule has 2 fully saturated rings. The van der Waals surface area contributed by atoms with Gasteiger partial charge in [-0.25, -0.2) is 0 Å². The number of amides is 2. The second kappa shape index (κ2) is 6.34. The quantitative estimate of drug-likeness (QED) is 0.711. The molecule has 0 aromatic heterocycles. The van der Waals surface area contributed by atoms with Gasteiger partial charge in [-0.05, 0) is 19.4 Å². The molecule has 1 atom stereocenters. The van der Waals surface area contributed by atoms with Crippen LogP contribution in [-0.2, 0) is 9.59 Å². The molecule has 0 unspecified atom stereocenters. The van der Waals surface area contributed by atoms with Crippen LogP contribution in [0.3, 0.4) is 0 Å². The molecule has 2 aliphatic rings. The highest BCUT2D eigenvalue weighted by molar-refractivity contribution is 5.82. The van der Waals surface area contributed by atoms with Crippen LogP contribution in [0.1, 0.15) is 12.8 Å². The molecule has 0 spiro atoms. The van der Waals surface area contributed by atoms with Crippen LogP contribution in [0.5, 0.6) is 0 Å². The van der Waals surface area contributed by atoms with Crippen LogP contribution >= 0.6 is 0 Å². The maximum absolute atomic E-state index is 12.2. The van der Waals surface area contributed by atoms with Crippen molar-refractivity contribution < 1.29 is 9.59 Å². The molecule has 2 heterocycles. The number of carbonyl (C=O) groups is 2. The number of nitrogens with zero attached hydrogens (tertiary/aromatic N) is 3. The number of hydrogen-bond donors (Lipinski definition) is 1. The van der Waals surface area contributed by atoms with Crippen LogP contribution in [0.25, 0.3) is 0 Å². The van der Waals surface area contributed by atoms with E-state index in [2.05, 4.69) is 10.2 Å². The molecule has 0 saturated carbocycles. The molecule has 6 heteroatoms. The Morgan fingerprint density at radius 3 is 2.42 bits per heavy atom. The average molecular weight is 268 g/mol. The lowest BCUT2D eigenvalue weighted by Gasteiger charge is -2.35. The summed E-state index contributed by atoms with van der Waals surface area (Å²) in [6.45, 7) is 4.45. The minimum Gasteiger partial charge on any atom is -0.348 e. The highest BCUT2D eigenvalue weighted by atomic mass is 16.2. The summed E-state index contributed by atoms with van der Waals surface area (Å²) < 4.78 is 0. The summed E-state index contributed by atoms with van der Waals surface area (Å²) in [5.41, 5.74) is 0. The smallest absolute Gasteiger partial charge is 0.239 e. The predicted octanol–water partition coefficient (Wildman–Crippen LogP) is -1.03. The molecular formula is C13H24N4O2. The minimum atomic E-state index is 0.0231. The molecule has 0 bridgehead atoms. The van der Waals surface area contributed by atoms with Crippen molar-refractivity contribution in [3.05, 3.63) is 0 Å². The fraction of sp³-hybridized carbons (Fsp3) is 0.846. The van der Waals surface area contributed by atoms with Crippen LogP contribution in [0, 0.1) is 0 Å². The highest BCUT2D eigenvalue weighted by Crippen LogP contribution is 2.11. The zero-order chi connectivity index (χ0) is 13.8. The van der Waals surface area contributed by atoms with Crippen LogP contribution in [0.2, 0.25) is 0 Å². The first-order valence-corrected chi connectivity index (χ1v) is 7.02. The molecule has 2 saturated heterocycles. The summed E-state index contributed by atoms with van der Waals surface area (Å²) in [7, 11) is 3.54. The summed E-state index contributed by atoms with van der Waals surface area (Å²) in [6.07, 6.45) is 2.05. The first-order chi connectivity index (χ1) is 9.08. The van der Waals surface area contributed by atoms with Gasteiger partial charge in [-0.15, -0.1) is 0 Å². The van der Waals surface area contributed by atoms with Crippen molar-refractivity contribution in [2.45, 2.75) is 18.9 Å². The molecule has 0 aromatic rings. The lowest BCUT2D eigenvalue weighted by Crippen LogP contribution is -2.54. The van der Waals surface area contributed by atoms with Crippen molar-refractivity contribution >= 4 is 11.8 Å². The van der Waals surface area contributed by atoms with Crippen LogP contribution in [0.4, 0.5) is 0 Å². The molecule has 2 aliphatic heterocycles. The Balaban J connectivity index is 1.75. The fourth-order valence-electron chi connectivity index (χ4n) is 2.57. The Labute approximate surface area is 114 Å². The van der Waals surface area contributed by atoms with Crippen molar-refractivity contribution in [2.24, 2.45) is 0 Å². The molecule has 108 valence electrons. The van der Waals surface area contributed by atoms with Gasteiger partial charge in [0, 0.05) is 40.3 Å². The standard InChI is InChI=1S/C13H24N4O2/c1-15(2)12(18)10-16-6-8-17(9-7-16)13(19)11-4-3-5-14-11/h11,14H,3-10H2,1-2H3/t11-/m0/s1. The van der Waals surface area contributed by atoms with Gasteiger partial charge in [0.25, 0.3) is 0 Å². The highest BCUT2D eigenvalue weighted by Gasteiger charge is 2.29. The third-order valence-electron chi connectivity index (χ3n) is 3.90. The second-order valence-electron chi connectivity index (χ2n) is 5.54. The van der Waals surface area contributed by atoms with Crippen molar-refractivity contribution in [3.63, 3.8) is 0 Å². The normalized spacial score (nSPS) is 24.5. The zero-order valence-electron chi connectivity index (χ0n) is 11.9. The summed E-state index contributed by atoms with van der Waals surface area (Å²) in [4.78, 5) is 29.5. The third-order valence-corrected chi connectivity index (χ3v) is 3.90. The topological polar surface area (TPSA) is 55.9 Å². The van der Waals surface area contributed by atoms with Gasteiger partial charge in [-0.1, -0.05) is 0 Å². The van der Waals surface area contributed by atoms with Gasteiger partial charge in [0.05, 0.1) is 12.6 Å². The molecule has 0 aromatic carbocycles. The Morgan fingerprint density at radius 1 is 1.21 bits per heavy atom. The SMILES string of the molecule is CN(C)C(=O)CN1CCN(C(=O)[C@@H]2CCCN2)CC1. The van der Waals surface area contributed by atoms with E-state index in [4.69, 9.17) is 0 Å². The number of carbonyl (C=O) groups excluding carboxylic acids is 2. The predicted molar refractivity (Wildman–Crippen MR) is 72.7 cm³/mol. The van der Waals surface area contributed by atoms with E-state index in [1.54, 1.807) is 19.0 Å². The van der Waals surface area contributed by atoms with E-state index in [-0.39, 0.29) is 17.9 Å². The number of rotatable bonds is 3. The van der Waals surface area contributed by atoms with E-state index >= 15 is 0 Å². The summed E-state index contributed by atoms with van der Waals surface area (Å²) in [5.74, 6) is 0.355. The van der Waals surface area contributed by atoms with E-state index in [1.807, 2.05) is 4.90 Å². The lowest BCUT2D eigenvalue weighted by molar-refractivity contribution is -0.135. The first kappa shape index (κ1) is 14.3. The van der Waals surface area contributed by atoms with Gasteiger partial charge in [0.1, 0.15) is 0 Å². The van der Waals surface area contributed by atoms with Gasteiger partial charge in [0.2, 0.25) is 11.8 Å². The molecule has 0 radical (unpaired) electrons. The fourth-order valence-corrected chi connectivity index (χ4v) is 2.57. The average Bonchev–Trinajstić information content (AvgIpc) is 2.92. The number of piperazine rings is 1. The minimum absolute atomic E-state index is 0.0231. The summed E-state index contributed by atoms with van der Waals surface area (Å²) >= 11 is 0. The molecule has 0 aliphatic carbocycles. The van der Waals surface area contributed by atoms with Gasteiger partial charge in [-0.3, -0.25) is 14.5 Å². The van der Waals surface area contributed by atoms with Crippen LogP contribution < -0.4 is 5.32 Å². The van der Waals surface area contributed by atoms with E-state index in [0.29, 0.717) is 6.54 Å². The van der Waals surface area contributed by atoms with E-state index < -0.39 is 0 Å². The van der Waals surface area contributed by atoms with Gasteiger partial charge in [0.15, 0.2) is 0 Å². The molecule has 2 amide bonds. The maximum Gasteiger partial charge on any atom is 0.239 e. The van der Waals surface area contributed by atoms with Crippen LogP contribution in [-0.4, -0.2) is 85.9 Å². The summed E-state index contributed by atoms with van der Waals surface area (Å²) in [5, 5.41) is 3.25. The molecule has 6 nitrogen and oxygen atoms in total. The lowest BCUT2D eigenvalue weighted by atomic mass is 10.2. The van der Waals surface area contributed by atoms with E-state index in [1.165, 1.54) is 0 Å². The van der Waals surface area contributed by atoms with Crippen LogP contribution in [0.15, 0.2) is 0 Å². The Kier molecular flexibility index (Phi) is 4.76. The largest absolute Gasteiger partial charge is 0.348 e. The van der Waals surface area contributed by atoms with Gasteiger partial charge in [-0.2, -0.15) is 0 Å². The summed E-state index contributed by atoms with van der Waals surface area (Å²) in [6, 6.07) is 0.0231. The van der Waals surface area contributed by atoms with Crippen molar-refractivity contribution in [3.8, 4) is 0 Å². The monoisotopic (exact) mass is 268 g/mol.